The van der Waals surface area contributed by atoms with E-state index in [9.17, 15) is 13.2 Å². The van der Waals surface area contributed by atoms with Gasteiger partial charge in [0.2, 0.25) is 10.0 Å². The lowest BCUT2D eigenvalue weighted by molar-refractivity contribution is 0.102. The van der Waals surface area contributed by atoms with Gasteiger partial charge in [-0.15, -0.1) is 0 Å². The lowest BCUT2D eigenvalue weighted by atomic mass is 10.2. The standard InChI is InChI=1S/C25H23ClN4O3S/c1-17-27-23-15-18(9-12-24(23)30(17)19-7-3-2-4-8-19)28-25(31)21-16-20(10-11-22(21)26)34(32,33)29-13-5-6-14-29/h2-4,7-12,15-16H,5-6,13-14H2,1H3,(H,28,31). The van der Waals surface area contributed by atoms with Gasteiger partial charge >= 0.3 is 0 Å². The van der Waals surface area contributed by atoms with Crippen LogP contribution >= 0.6 is 11.6 Å². The smallest absolute Gasteiger partial charge is 0.257 e. The second-order valence-electron chi connectivity index (χ2n) is 8.24. The molecule has 0 aliphatic carbocycles. The summed E-state index contributed by atoms with van der Waals surface area (Å²) in [4.78, 5) is 17.7. The number of amides is 1. The number of sulfonamides is 1. The molecule has 0 atom stereocenters. The molecule has 7 nitrogen and oxygen atoms in total. The molecular formula is C25H23ClN4O3S. The Morgan fingerprint density at radius 1 is 1.00 bits per heavy atom. The summed E-state index contributed by atoms with van der Waals surface area (Å²) < 4.78 is 29.3. The van der Waals surface area contributed by atoms with E-state index in [-0.39, 0.29) is 15.5 Å². The molecule has 174 valence electrons. The first-order chi connectivity index (χ1) is 16.3. The number of anilines is 1. The number of aromatic nitrogens is 2. The maximum absolute atomic E-state index is 13.0. The monoisotopic (exact) mass is 494 g/mol. The molecule has 0 unspecified atom stereocenters. The van der Waals surface area contributed by atoms with Gasteiger partial charge in [0.15, 0.2) is 0 Å². The molecule has 1 aliphatic rings. The number of para-hydroxylation sites is 1. The van der Waals surface area contributed by atoms with Crippen LogP contribution in [-0.4, -0.2) is 41.3 Å². The number of benzene rings is 3. The quantitative estimate of drug-likeness (QED) is 0.422. The Hall–Kier alpha value is -3.20. The molecule has 1 aromatic heterocycles. The summed E-state index contributed by atoms with van der Waals surface area (Å²) in [6, 6.07) is 19.6. The van der Waals surface area contributed by atoms with E-state index in [1.165, 1.54) is 22.5 Å². The molecule has 1 N–H and O–H groups in total. The zero-order valence-electron chi connectivity index (χ0n) is 18.5. The summed E-state index contributed by atoms with van der Waals surface area (Å²) >= 11 is 6.27. The van der Waals surface area contributed by atoms with E-state index in [1.807, 2.05) is 47.9 Å². The fourth-order valence-electron chi connectivity index (χ4n) is 4.30. The maximum Gasteiger partial charge on any atom is 0.257 e. The van der Waals surface area contributed by atoms with E-state index < -0.39 is 15.9 Å². The van der Waals surface area contributed by atoms with Gasteiger partial charge in [0.05, 0.1) is 26.5 Å². The Morgan fingerprint density at radius 2 is 1.74 bits per heavy atom. The van der Waals surface area contributed by atoms with Crippen molar-refractivity contribution in [3.63, 3.8) is 0 Å². The first-order valence-corrected chi connectivity index (χ1v) is 12.8. The van der Waals surface area contributed by atoms with Crippen LogP contribution in [-0.2, 0) is 10.0 Å². The van der Waals surface area contributed by atoms with Crippen molar-refractivity contribution in [3.8, 4) is 5.69 Å². The molecule has 1 saturated heterocycles. The van der Waals surface area contributed by atoms with Gasteiger partial charge in [-0.1, -0.05) is 29.8 Å². The van der Waals surface area contributed by atoms with Crippen molar-refractivity contribution in [1.82, 2.24) is 13.9 Å². The van der Waals surface area contributed by atoms with Crippen LogP contribution in [0.25, 0.3) is 16.7 Å². The molecule has 5 rings (SSSR count). The van der Waals surface area contributed by atoms with E-state index in [2.05, 4.69) is 10.3 Å². The third kappa shape index (κ3) is 4.09. The minimum Gasteiger partial charge on any atom is -0.322 e. The van der Waals surface area contributed by atoms with E-state index in [0.29, 0.717) is 18.8 Å². The summed E-state index contributed by atoms with van der Waals surface area (Å²) in [5.41, 5.74) is 3.29. The molecule has 1 aliphatic heterocycles. The molecule has 0 bridgehead atoms. The van der Waals surface area contributed by atoms with Gasteiger partial charge in [-0.05, 0) is 68.3 Å². The Balaban J connectivity index is 1.44. The molecule has 4 aromatic rings. The summed E-state index contributed by atoms with van der Waals surface area (Å²) in [6.07, 6.45) is 1.67. The fraction of sp³-hybridized carbons (Fsp3) is 0.200. The van der Waals surface area contributed by atoms with E-state index in [4.69, 9.17) is 11.6 Å². The maximum atomic E-state index is 13.0. The van der Waals surface area contributed by atoms with E-state index in [1.54, 1.807) is 12.1 Å². The van der Waals surface area contributed by atoms with Crippen molar-refractivity contribution in [2.75, 3.05) is 18.4 Å². The zero-order valence-corrected chi connectivity index (χ0v) is 20.1. The number of carbonyl (C=O) groups is 1. The van der Waals surface area contributed by atoms with Gasteiger partial charge in [-0.2, -0.15) is 4.31 Å². The number of fused-ring (bicyclic) bond motifs is 1. The van der Waals surface area contributed by atoms with Gasteiger partial charge < -0.3 is 5.32 Å². The topological polar surface area (TPSA) is 84.3 Å². The van der Waals surface area contributed by atoms with Gasteiger partial charge in [-0.3, -0.25) is 9.36 Å². The third-order valence-corrected chi connectivity index (χ3v) is 8.20. The third-order valence-electron chi connectivity index (χ3n) is 5.98. The fourth-order valence-corrected chi connectivity index (χ4v) is 6.04. The number of aryl methyl sites for hydroxylation is 1. The first kappa shape index (κ1) is 22.6. The largest absolute Gasteiger partial charge is 0.322 e. The lowest BCUT2D eigenvalue weighted by Crippen LogP contribution is -2.28. The van der Waals surface area contributed by atoms with Crippen LogP contribution in [0.5, 0.6) is 0 Å². The normalized spacial score (nSPS) is 14.5. The number of nitrogens with zero attached hydrogens (tertiary/aromatic N) is 3. The van der Waals surface area contributed by atoms with Crippen LogP contribution in [0.3, 0.4) is 0 Å². The number of imidazole rings is 1. The molecule has 1 amide bonds. The molecule has 0 spiro atoms. The number of carbonyl (C=O) groups excluding carboxylic acids is 1. The Morgan fingerprint density at radius 3 is 2.47 bits per heavy atom. The SMILES string of the molecule is Cc1nc2cc(NC(=O)c3cc(S(=O)(=O)N4CCCC4)ccc3Cl)ccc2n1-c1ccccc1. The van der Waals surface area contributed by atoms with Gasteiger partial charge in [0, 0.05) is 24.5 Å². The summed E-state index contributed by atoms with van der Waals surface area (Å²) in [5, 5.41) is 3.01. The number of nitrogens with one attached hydrogen (secondary N) is 1. The first-order valence-electron chi connectivity index (χ1n) is 11.0. The number of rotatable bonds is 5. The van der Waals surface area contributed by atoms with Crippen molar-refractivity contribution in [2.24, 2.45) is 0 Å². The molecule has 1 fully saturated rings. The van der Waals surface area contributed by atoms with E-state index >= 15 is 0 Å². The Labute approximate surface area is 203 Å². The van der Waals surface area contributed by atoms with Crippen LogP contribution in [0.2, 0.25) is 5.02 Å². The minimum absolute atomic E-state index is 0.0663. The predicted octanol–water partition coefficient (Wildman–Crippen LogP) is 5.02. The number of hydrogen-bond acceptors (Lipinski definition) is 4. The summed E-state index contributed by atoms with van der Waals surface area (Å²) in [6.45, 7) is 2.90. The highest BCUT2D eigenvalue weighted by atomic mass is 35.5. The molecule has 9 heteroatoms. The number of hydrogen-bond donors (Lipinski definition) is 1. The van der Waals surface area contributed by atoms with Gasteiger partial charge in [-0.25, -0.2) is 13.4 Å². The van der Waals surface area contributed by atoms with Crippen molar-refractivity contribution in [2.45, 2.75) is 24.7 Å². The van der Waals surface area contributed by atoms with Crippen molar-refractivity contribution < 1.29 is 13.2 Å². The molecule has 0 radical (unpaired) electrons. The van der Waals surface area contributed by atoms with Crippen LogP contribution in [0, 0.1) is 6.92 Å². The highest BCUT2D eigenvalue weighted by molar-refractivity contribution is 7.89. The molecule has 3 aromatic carbocycles. The van der Waals surface area contributed by atoms with Crippen molar-refractivity contribution in [3.05, 3.63) is 83.1 Å². The second-order valence-corrected chi connectivity index (χ2v) is 10.6. The highest BCUT2D eigenvalue weighted by Gasteiger charge is 2.28. The van der Waals surface area contributed by atoms with Crippen molar-refractivity contribution in [1.29, 1.82) is 0 Å². The summed E-state index contributed by atoms with van der Waals surface area (Å²) in [7, 11) is -3.66. The van der Waals surface area contributed by atoms with Gasteiger partial charge in [0.1, 0.15) is 5.82 Å². The zero-order chi connectivity index (χ0) is 23.9. The van der Waals surface area contributed by atoms with Crippen molar-refractivity contribution >= 4 is 44.3 Å². The van der Waals surface area contributed by atoms with Gasteiger partial charge in [0.25, 0.3) is 5.91 Å². The van der Waals surface area contributed by atoms with Crippen LogP contribution < -0.4 is 5.32 Å². The van der Waals surface area contributed by atoms with E-state index in [0.717, 1.165) is 35.4 Å². The van der Waals surface area contributed by atoms with Crippen LogP contribution in [0.15, 0.2) is 71.6 Å². The second kappa shape index (κ2) is 8.87. The summed E-state index contributed by atoms with van der Waals surface area (Å²) in [5.74, 6) is 0.342. The van der Waals surface area contributed by atoms with Crippen LogP contribution in [0.4, 0.5) is 5.69 Å². The lowest BCUT2D eigenvalue weighted by Gasteiger charge is -2.16. The highest BCUT2D eigenvalue weighted by Crippen LogP contribution is 2.27. The Kier molecular flexibility index (Phi) is 5.89. The molecule has 34 heavy (non-hydrogen) atoms. The average molecular weight is 495 g/mol. The predicted molar refractivity (Wildman–Crippen MR) is 133 cm³/mol. The number of halogens is 1. The minimum atomic E-state index is -3.66. The molecule has 2 heterocycles. The average Bonchev–Trinajstić information content (AvgIpc) is 3.47. The molecular weight excluding hydrogens is 472 g/mol. The van der Waals surface area contributed by atoms with Crippen LogP contribution in [0.1, 0.15) is 29.0 Å². The Bertz CT molecular complexity index is 1490. The molecule has 0 saturated carbocycles.